The summed E-state index contributed by atoms with van der Waals surface area (Å²) >= 11 is 0. The van der Waals surface area contributed by atoms with Crippen molar-refractivity contribution in [3.05, 3.63) is 100.0 Å². The highest BCUT2D eigenvalue weighted by atomic mass is 16.5. The molecular formula is C37H46N6O8. The first kappa shape index (κ1) is 38.3. The van der Waals surface area contributed by atoms with Crippen LogP contribution in [0.3, 0.4) is 0 Å². The summed E-state index contributed by atoms with van der Waals surface area (Å²) in [4.78, 5) is 79.1. The molecule has 2 bridgehead atoms. The third-order valence-corrected chi connectivity index (χ3v) is 8.52. The largest absolute Gasteiger partial charge is 0.491 e. The van der Waals surface area contributed by atoms with Crippen LogP contribution < -0.4 is 36.9 Å². The van der Waals surface area contributed by atoms with E-state index < -0.39 is 65.8 Å². The Hall–Kier alpha value is -5.50. The van der Waals surface area contributed by atoms with E-state index in [-0.39, 0.29) is 30.1 Å². The first-order valence-electron chi connectivity index (χ1n) is 16.8. The van der Waals surface area contributed by atoms with Gasteiger partial charge in [0.05, 0.1) is 17.7 Å². The van der Waals surface area contributed by atoms with Gasteiger partial charge in [0, 0.05) is 25.7 Å². The third kappa shape index (κ3) is 10.7. The molecule has 3 aromatic rings. The molecule has 14 nitrogen and oxygen atoms in total. The van der Waals surface area contributed by atoms with Crippen molar-refractivity contribution >= 4 is 29.5 Å². The minimum atomic E-state index is -1.46. The van der Waals surface area contributed by atoms with Crippen molar-refractivity contribution in [2.75, 3.05) is 6.61 Å². The Balaban J connectivity index is 1.67. The van der Waals surface area contributed by atoms with Gasteiger partial charge >= 0.3 is 0 Å². The maximum absolute atomic E-state index is 13.6. The zero-order valence-corrected chi connectivity index (χ0v) is 29.3. The van der Waals surface area contributed by atoms with E-state index in [1.165, 1.54) is 43.8 Å². The average Bonchev–Trinajstić information content (AvgIpc) is 3.09. The van der Waals surface area contributed by atoms with Crippen LogP contribution in [0, 0.1) is 5.92 Å². The normalized spacial score (nSPS) is 22.8. The molecule has 14 heteroatoms. The number of aliphatic hydroxyl groups excluding tert-OH is 1. The Morgan fingerprint density at radius 3 is 2.12 bits per heavy atom. The van der Waals surface area contributed by atoms with E-state index in [0.29, 0.717) is 17.7 Å². The van der Waals surface area contributed by atoms with Gasteiger partial charge in [-0.1, -0.05) is 56.3 Å². The molecule has 0 saturated heterocycles. The Labute approximate surface area is 296 Å². The number of aryl methyl sites for hydroxylation is 1. The van der Waals surface area contributed by atoms with Crippen LogP contribution in [0.5, 0.6) is 5.75 Å². The Kier molecular flexibility index (Phi) is 13.1. The van der Waals surface area contributed by atoms with Crippen molar-refractivity contribution in [2.45, 2.75) is 76.8 Å². The van der Waals surface area contributed by atoms with Crippen LogP contribution in [0.25, 0.3) is 0 Å². The van der Waals surface area contributed by atoms with E-state index in [1.54, 1.807) is 38.1 Å². The number of rotatable bonds is 6. The second-order valence-corrected chi connectivity index (χ2v) is 13.1. The van der Waals surface area contributed by atoms with Crippen molar-refractivity contribution in [1.82, 2.24) is 31.2 Å². The van der Waals surface area contributed by atoms with Crippen LogP contribution in [0.1, 0.15) is 49.2 Å². The summed E-state index contributed by atoms with van der Waals surface area (Å²) in [5, 5.41) is 23.9. The topological polar surface area (TPSA) is 197 Å². The molecule has 272 valence electrons. The molecule has 3 heterocycles. The van der Waals surface area contributed by atoms with Gasteiger partial charge in [0.2, 0.25) is 29.2 Å². The maximum atomic E-state index is 13.6. The zero-order valence-electron chi connectivity index (χ0n) is 29.3. The van der Waals surface area contributed by atoms with Crippen LogP contribution in [0.4, 0.5) is 0 Å². The Morgan fingerprint density at radius 2 is 1.49 bits per heavy atom. The third-order valence-electron chi connectivity index (χ3n) is 8.52. The Bertz CT molecular complexity index is 1760. The molecule has 2 aliphatic rings. The summed E-state index contributed by atoms with van der Waals surface area (Å²) in [6.45, 7) is 6.32. The number of fused-ring (bicyclic) bond motifs is 17. The molecule has 6 N–H and O–H groups in total. The van der Waals surface area contributed by atoms with Crippen LogP contribution in [-0.4, -0.2) is 82.1 Å². The number of aromatic nitrogens is 1. The predicted molar refractivity (Wildman–Crippen MR) is 189 cm³/mol. The number of benzene rings is 2. The molecule has 2 aromatic carbocycles. The van der Waals surface area contributed by atoms with Gasteiger partial charge in [0.15, 0.2) is 0 Å². The van der Waals surface area contributed by atoms with Gasteiger partial charge in [-0.25, -0.2) is 0 Å². The number of carbonyl (C=O) groups excluding carboxylic acids is 5. The fourth-order valence-electron chi connectivity index (χ4n) is 5.52. The van der Waals surface area contributed by atoms with Crippen LogP contribution in [-0.2, 0) is 39.1 Å². The van der Waals surface area contributed by atoms with E-state index in [0.717, 1.165) is 5.56 Å². The highest BCUT2D eigenvalue weighted by Gasteiger charge is 2.34. The number of hydrogen-bond acceptors (Lipinski definition) is 8. The standard InChI is InChI=1S/C37H46N6O8/c1-21(2)31-36(49)39-27(17-24-9-7-6-8-10-24)20-51-28-14-11-25(12-15-28)18-29(40-34(47)26-13-16-30(45)43(5)19-26)35(48)38-22(3)33(46)42-32(23(4)44)37(50)41-31/h6-16,19,21-23,27,29,31-32,44H,17-18,20H2,1-5H3,(H,38,48)(H,39,49)(H,40,47)(H,41,50)(H,42,46)/t22-,23-,27+,29+,31-,32+/m1/s1. The molecule has 6 atom stereocenters. The first-order valence-corrected chi connectivity index (χ1v) is 16.8. The van der Waals surface area contributed by atoms with Gasteiger partial charge in [-0.15, -0.1) is 0 Å². The second-order valence-electron chi connectivity index (χ2n) is 13.1. The summed E-state index contributed by atoms with van der Waals surface area (Å²) in [6.07, 6.45) is 0.447. The van der Waals surface area contributed by atoms with Crippen LogP contribution in [0.15, 0.2) is 77.7 Å². The van der Waals surface area contributed by atoms with Gasteiger partial charge in [0.25, 0.3) is 5.91 Å². The number of carbonyl (C=O) groups is 5. The number of amides is 5. The SMILES string of the molecule is CC(C)[C@H]1NC(=O)[C@H]([C@@H](C)O)NC(=O)[C@@H](C)NC(=O)[C@@H](NC(=O)c2ccc(=O)n(C)c2)Cc2ccc(cc2)OC[C@H](Cc2ccccc2)NC1=O. The minimum Gasteiger partial charge on any atom is -0.491 e. The zero-order chi connectivity index (χ0) is 37.2. The molecule has 0 unspecified atom stereocenters. The maximum Gasteiger partial charge on any atom is 0.253 e. The highest BCUT2D eigenvalue weighted by molar-refractivity contribution is 5.99. The molecule has 0 aliphatic carbocycles. The van der Waals surface area contributed by atoms with Crippen LogP contribution in [0.2, 0.25) is 0 Å². The lowest BCUT2D eigenvalue weighted by molar-refractivity contribution is -0.136. The summed E-state index contributed by atoms with van der Waals surface area (Å²) in [7, 11) is 1.50. The molecule has 0 spiro atoms. The van der Waals surface area contributed by atoms with Gasteiger partial charge in [-0.3, -0.25) is 28.8 Å². The first-order chi connectivity index (χ1) is 24.2. The second kappa shape index (κ2) is 17.4. The summed E-state index contributed by atoms with van der Waals surface area (Å²) < 4.78 is 7.34. The van der Waals surface area contributed by atoms with Crippen LogP contribution >= 0.6 is 0 Å². The molecular weight excluding hydrogens is 656 g/mol. The molecule has 2 aliphatic heterocycles. The van der Waals surface area contributed by atoms with Gasteiger partial charge in [-0.05, 0) is 55.5 Å². The van der Waals surface area contributed by atoms with Crippen molar-refractivity contribution < 1.29 is 33.8 Å². The van der Waals surface area contributed by atoms with E-state index in [1.807, 2.05) is 30.3 Å². The molecule has 0 fully saturated rings. The molecule has 0 radical (unpaired) electrons. The summed E-state index contributed by atoms with van der Waals surface area (Å²) in [6, 6.07) is 13.7. The van der Waals surface area contributed by atoms with E-state index in [4.69, 9.17) is 4.74 Å². The van der Waals surface area contributed by atoms with Gasteiger partial charge in [-0.2, -0.15) is 0 Å². The fraction of sp³-hybridized carbons (Fsp3) is 0.405. The van der Waals surface area contributed by atoms with E-state index in [9.17, 15) is 33.9 Å². The van der Waals surface area contributed by atoms with Crippen molar-refractivity contribution in [1.29, 1.82) is 0 Å². The molecule has 0 saturated carbocycles. The minimum absolute atomic E-state index is 0.0277. The molecule has 51 heavy (non-hydrogen) atoms. The van der Waals surface area contributed by atoms with Gasteiger partial charge in [0.1, 0.15) is 36.5 Å². The van der Waals surface area contributed by atoms with Crippen molar-refractivity contribution in [3.8, 4) is 5.75 Å². The number of nitrogens with zero attached hydrogens (tertiary/aromatic N) is 1. The number of ether oxygens (including phenoxy) is 1. The quantitative estimate of drug-likeness (QED) is 0.198. The van der Waals surface area contributed by atoms with Gasteiger partial charge < -0.3 is 41.0 Å². The summed E-state index contributed by atoms with van der Waals surface area (Å²) in [5.74, 6) is -3.22. The Morgan fingerprint density at radius 1 is 0.843 bits per heavy atom. The molecule has 5 amide bonds. The molecule has 1 aromatic heterocycles. The number of aliphatic hydroxyl groups is 1. The number of nitrogens with one attached hydrogen (secondary N) is 5. The average molecular weight is 703 g/mol. The fourth-order valence-corrected chi connectivity index (χ4v) is 5.52. The predicted octanol–water partition coefficient (Wildman–Crippen LogP) is 0.357. The van der Waals surface area contributed by atoms with E-state index >= 15 is 0 Å². The number of hydrogen-bond donors (Lipinski definition) is 6. The lowest BCUT2D eigenvalue weighted by Crippen LogP contribution is -2.61. The molecule has 5 rings (SSSR count). The smallest absolute Gasteiger partial charge is 0.253 e. The number of pyridine rings is 1. The lowest BCUT2D eigenvalue weighted by atomic mass is 10.0. The summed E-state index contributed by atoms with van der Waals surface area (Å²) in [5.41, 5.74) is 1.45. The van der Waals surface area contributed by atoms with E-state index in [2.05, 4.69) is 26.6 Å². The van der Waals surface area contributed by atoms with Crippen molar-refractivity contribution in [2.24, 2.45) is 13.0 Å². The monoisotopic (exact) mass is 702 g/mol. The highest BCUT2D eigenvalue weighted by Crippen LogP contribution is 2.16. The lowest BCUT2D eigenvalue weighted by Gasteiger charge is -2.29. The van der Waals surface area contributed by atoms with Crippen molar-refractivity contribution in [3.63, 3.8) is 0 Å².